The Hall–Kier alpha value is -1.79. The molecule has 6 heteroatoms. The molecule has 1 fully saturated rings. The van der Waals surface area contributed by atoms with Gasteiger partial charge in [-0.05, 0) is 74.8 Å². The van der Waals surface area contributed by atoms with E-state index in [1.54, 1.807) is 12.1 Å². The van der Waals surface area contributed by atoms with E-state index in [1.807, 2.05) is 6.92 Å². The van der Waals surface area contributed by atoms with Gasteiger partial charge in [-0.15, -0.1) is 0 Å². The lowest BCUT2D eigenvalue weighted by molar-refractivity contribution is 0.00773. The summed E-state index contributed by atoms with van der Waals surface area (Å²) in [5.74, 6) is -0.963. The summed E-state index contributed by atoms with van der Waals surface area (Å²) in [6.07, 6.45) is 3.66. The molecule has 0 unspecified atom stereocenters. The average Bonchev–Trinajstić information content (AvgIpc) is 2.61. The van der Waals surface area contributed by atoms with Crippen molar-refractivity contribution in [2.45, 2.75) is 49.5 Å². The van der Waals surface area contributed by atoms with Crippen LogP contribution in [0.2, 0.25) is 0 Å². The Bertz CT molecular complexity index is 896. The van der Waals surface area contributed by atoms with E-state index in [-0.39, 0.29) is 16.2 Å². The first kappa shape index (κ1) is 20.0. The smallest absolute Gasteiger partial charge is 0.178 e. The van der Waals surface area contributed by atoms with Gasteiger partial charge in [0.25, 0.3) is 0 Å². The van der Waals surface area contributed by atoms with E-state index < -0.39 is 27.1 Å². The van der Waals surface area contributed by atoms with E-state index in [0.29, 0.717) is 30.7 Å². The number of sulfone groups is 1. The van der Waals surface area contributed by atoms with Crippen LogP contribution in [0.4, 0.5) is 8.78 Å². The zero-order chi connectivity index (χ0) is 19.7. The van der Waals surface area contributed by atoms with Crippen LogP contribution >= 0.6 is 0 Å². The predicted octanol–water partition coefficient (Wildman–Crippen LogP) is 4.74. The van der Waals surface area contributed by atoms with Crippen LogP contribution in [0.15, 0.2) is 47.4 Å². The highest BCUT2D eigenvalue weighted by molar-refractivity contribution is 7.91. The zero-order valence-electron chi connectivity index (χ0n) is 15.3. The maximum absolute atomic E-state index is 13.9. The van der Waals surface area contributed by atoms with Crippen LogP contribution in [-0.4, -0.2) is 24.9 Å². The molecular formula is C21H24F2O3S. The third kappa shape index (κ3) is 4.93. The zero-order valence-corrected chi connectivity index (χ0v) is 16.1. The van der Waals surface area contributed by atoms with Gasteiger partial charge in [0, 0.05) is 11.6 Å². The largest absolute Gasteiger partial charge is 0.390 e. The predicted molar refractivity (Wildman–Crippen MR) is 101 cm³/mol. The minimum absolute atomic E-state index is 0.0596. The van der Waals surface area contributed by atoms with Crippen LogP contribution in [0.3, 0.4) is 0 Å². The molecular weight excluding hydrogens is 370 g/mol. The minimum atomic E-state index is -3.42. The Labute approximate surface area is 159 Å². The number of halogens is 2. The molecule has 0 radical (unpaired) electrons. The second kappa shape index (κ2) is 7.68. The molecule has 0 spiro atoms. The van der Waals surface area contributed by atoms with Crippen LogP contribution in [0.1, 0.15) is 39.0 Å². The molecule has 146 valence electrons. The van der Waals surface area contributed by atoms with Crippen LogP contribution in [-0.2, 0) is 9.84 Å². The molecule has 2 aromatic rings. The van der Waals surface area contributed by atoms with Crippen molar-refractivity contribution in [2.75, 3.05) is 5.75 Å². The van der Waals surface area contributed by atoms with Crippen molar-refractivity contribution in [1.29, 1.82) is 0 Å². The Balaban J connectivity index is 1.67. The van der Waals surface area contributed by atoms with Gasteiger partial charge < -0.3 is 5.11 Å². The van der Waals surface area contributed by atoms with E-state index in [2.05, 4.69) is 0 Å². The molecule has 27 heavy (non-hydrogen) atoms. The molecule has 0 bridgehead atoms. The van der Waals surface area contributed by atoms with Crippen molar-refractivity contribution < 1.29 is 22.3 Å². The maximum atomic E-state index is 13.9. The van der Waals surface area contributed by atoms with Gasteiger partial charge in [0.2, 0.25) is 0 Å². The van der Waals surface area contributed by atoms with Crippen molar-refractivity contribution in [2.24, 2.45) is 5.92 Å². The summed E-state index contributed by atoms with van der Waals surface area (Å²) >= 11 is 0. The molecule has 2 aromatic carbocycles. The molecule has 0 heterocycles. The molecule has 0 aliphatic heterocycles. The van der Waals surface area contributed by atoms with Crippen molar-refractivity contribution >= 4 is 9.84 Å². The Kier molecular flexibility index (Phi) is 5.68. The Morgan fingerprint density at radius 3 is 2.30 bits per heavy atom. The van der Waals surface area contributed by atoms with Crippen molar-refractivity contribution in [3.05, 3.63) is 54.1 Å². The van der Waals surface area contributed by atoms with Crippen LogP contribution in [0.5, 0.6) is 0 Å². The van der Waals surface area contributed by atoms with E-state index >= 15 is 0 Å². The Morgan fingerprint density at radius 1 is 1.07 bits per heavy atom. The summed E-state index contributed by atoms with van der Waals surface area (Å²) in [5.41, 5.74) is 0.108. The van der Waals surface area contributed by atoms with Gasteiger partial charge in [0.15, 0.2) is 9.84 Å². The second-order valence-electron chi connectivity index (χ2n) is 7.70. The first-order valence-electron chi connectivity index (χ1n) is 9.17. The highest BCUT2D eigenvalue weighted by Gasteiger charge is 2.29. The first-order valence-corrected chi connectivity index (χ1v) is 10.8. The summed E-state index contributed by atoms with van der Waals surface area (Å²) in [4.78, 5) is 0.205. The Morgan fingerprint density at radius 2 is 1.70 bits per heavy atom. The summed E-state index contributed by atoms with van der Waals surface area (Å²) in [6, 6.07) is 9.35. The fraction of sp³-hybridized carbons (Fsp3) is 0.429. The van der Waals surface area contributed by atoms with Gasteiger partial charge in [-0.25, -0.2) is 17.2 Å². The van der Waals surface area contributed by atoms with Crippen LogP contribution < -0.4 is 0 Å². The molecule has 0 saturated heterocycles. The minimum Gasteiger partial charge on any atom is -0.390 e. The summed E-state index contributed by atoms with van der Waals surface area (Å²) in [7, 11) is -3.42. The van der Waals surface area contributed by atoms with Gasteiger partial charge in [-0.3, -0.25) is 0 Å². The molecule has 3 rings (SSSR count). The van der Waals surface area contributed by atoms with Crippen molar-refractivity contribution in [3.8, 4) is 11.1 Å². The highest BCUT2D eigenvalue weighted by atomic mass is 32.2. The molecule has 0 atom stereocenters. The normalized spacial score (nSPS) is 23.3. The third-order valence-corrected chi connectivity index (χ3v) is 7.20. The number of rotatable bonds is 5. The van der Waals surface area contributed by atoms with Crippen LogP contribution in [0, 0.1) is 17.6 Å². The fourth-order valence-electron chi connectivity index (χ4n) is 3.59. The van der Waals surface area contributed by atoms with Crippen LogP contribution in [0.25, 0.3) is 11.1 Å². The molecule has 0 aromatic heterocycles. The molecule has 3 nitrogen and oxygen atoms in total. The lowest BCUT2D eigenvalue weighted by Crippen LogP contribution is -2.30. The topological polar surface area (TPSA) is 54.4 Å². The molecule has 1 N–H and O–H groups in total. The number of aliphatic hydroxyl groups is 1. The summed E-state index contributed by atoms with van der Waals surface area (Å²) in [6.45, 7) is 1.82. The average molecular weight is 394 g/mol. The summed E-state index contributed by atoms with van der Waals surface area (Å²) in [5, 5.41) is 9.99. The van der Waals surface area contributed by atoms with Gasteiger partial charge >= 0.3 is 0 Å². The quantitative estimate of drug-likeness (QED) is 0.797. The highest BCUT2D eigenvalue weighted by Crippen LogP contribution is 2.34. The van der Waals surface area contributed by atoms with E-state index in [0.717, 1.165) is 18.9 Å². The number of hydrogen-bond donors (Lipinski definition) is 1. The summed E-state index contributed by atoms with van der Waals surface area (Å²) < 4.78 is 52.1. The monoisotopic (exact) mass is 394 g/mol. The molecule has 0 amide bonds. The SMILES string of the molecule is C[C@]1(O)CC[C@H](CCS(=O)(=O)c2ccc(-c3ccc(F)cc3F)cc2)CC1. The van der Waals surface area contributed by atoms with Crippen molar-refractivity contribution in [3.63, 3.8) is 0 Å². The fourth-order valence-corrected chi connectivity index (χ4v) is 5.02. The van der Waals surface area contributed by atoms with Gasteiger partial charge in [0.05, 0.1) is 16.2 Å². The van der Waals surface area contributed by atoms with E-state index in [9.17, 15) is 22.3 Å². The van der Waals surface area contributed by atoms with E-state index in [1.165, 1.54) is 24.3 Å². The first-order chi connectivity index (χ1) is 12.7. The molecule has 1 aliphatic carbocycles. The van der Waals surface area contributed by atoms with Gasteiger partial charge in [-0.1, -0.05) is 12.1 Å². The van der Waals surface area contributed by atoms with Gasteiger partial charge in [-0.2, -0.15) is 0 Å². The van der Waals surface area contributed by atoms with Crippen molar-refractivity contribution in [1.82, 2.24) is 0 Å². The second-order valence-corrected chi connectivity index (χ2v) is 9.81. The maximum Gasteiger partial charge on any atom is 0.178 e. The van der Waals surface area contributed by atoms with Gasteiger partial charge in [0.1, 0.15) is 11.6 Å². The molecule has 1 aliphatic rings. The lowest BCUT2D eigenvalue weighted by Gasteiger charge is -2.33. The third-order valence-electron chi connectivity index (χ3n) is 5.43. The molecule has 1 saturated carbocycles. The number of benzene rings is 2. The number of hydrogen-bond acceptors (Lipinski definition) is 3. The van der Waals surface area contributed by atoms with E-state index in [4.69, 9.17) is 0 Å². The standard InChI is InChI=1S/C21H24F2O3S/c1-21(24)11-8-15(9-12-21)10-13-27(25,26)18-5-2-16(3-6-18)19-7-4-17(22)14-20(19)23/h2-7,14-15,24H,8-13H2,1H3/t15-,21-. The lowest BCUT2D eigenvalue weighted by atomic mass is 9.79.